The van der Waals surface area contributed by atoms with Gasteiger partial charge in [0.1, 0.15) is 5.56 Å². The summed E-state index contributed by atoms with van der Waals surface area (Å²) in [4.78, 5) is 24.8. The zero-order valence-electron chi connectivity index (χ0n) is 11.5. The number of hydrogen-bond donors (Lipinski definition) is 1. The average Bonchev–Trinajstić information content (AvgIpc) is 2.46. The number of nitrogens with zero attached hydrogens (tertiary/aromatic N) is 2. The van der Waals surface area contributed by atoms with Crippen molar-refractivity contribution in [1.29, 1.82) is 0 Å². The first kappa shape index (κ1) is 14.5. The maximum atomic E-state index is 12.5. The summed E-state index contributed by atoms with van der Waals surface area (Å²) in [5.41, 5.74) is 6.37. The molecule has 20 heavy (non-hydrogen) atoms. The molecule has 0 radical (unpaired) electrons. The molecule has 0 saturated carbocycles. The average molecular weight is 277 g/mol. The first-order valence-corrected chi connectivity index (χ1v) is 6.78. The molecule has 1 aromatic carbocycles. The van der Waals surface area contributed by atoms with E-state index in [0.717, 1.165) is 12.8 Å². The lowest BCUT2D eigenvalue weighted by Crippen LogP contribution is -2.40. The summed E-state index contributed by atoms with van der Waals surface area (Å²) in [6.45, 7) is 3.60. The highest BCUT2D eigenvalue weighted by molar-refractivity contribution is 5.99. The van der Waals surface area contributed by atoms with Gasteiger partial charge < -0.3 is 10.6 Å². The number of carbonyl (C=O) groups excluding carboxylic acids is 1. The number of aryl methyl sites for hydroxylation is 1. The van der Waals surface area contributed by atoms with Gasteiger partial charge >= 0.3 is 0 Å². The molecule has 0 spiro atoms. The molecule has 0 bridgehead atoms. The van der Waals surface area contributed by atoms with Crippen LogP contribution in [0.15, 0.2) is 18.2 Å². The molecule has 1 aromatic rings. The van der Waals surface area contributed by atoms with E-state index in [2.05, 4.69) is 0 Å². The molecule has 6 heteroatoms. The highest BCUT2D eigenvalue weighted by Crippen LogP contribution is 2.25. The van der Waals surface area contributed by atoms with Crippen LogP contribution in [0.2, 0.25) is 0 Å². The second kappa shape index (κ2) is 6.00. The van der Waals surface area contributed by atoms with Crippen LogP contribution in [0, 0.1) is 23.0 Å². The Morgan fingerprint density at radius 2 is 2.10 bits per heavy atom. The molecule has 1 saturated heterocycles. The third kappa shape index (κ3) is 2.80. The number of piperidine rings is 1. The minimum absolute atomic E-state index is 0.115. The lowest BCUT2D eigenvalue weighted by Gasteiger charge is -2.31. The van der Waals surface area contributed by atoms with Crippen molar-refractivity contribution in [3.05, 3.63) is 39.4 Å². The van der Waals surface area contributed by atoms with Crippen molar-refractivity contribution in [2.75, 3.05) is 19.6 Å². The van der Waals surface area contributed by atoms with Crippen molar-refractivity contribution in [2.24, 2.45) is 11.7 Å². The summed E-state index contributed by atoms with van der Waals surface area (Å²) in [7, 11) is 0. The van der Waals surface area contributed by atoms with E-state index >= 15 is 0 Å². The van der Waals surface area contributed by atoms with Crippen LogP contribution in [-0.2, 0) is 0 Å². The Hall–Kier alpha value is -1.95. The first-order chi connectivity index (χ1) is 9.54. The van der Waals surface area contributed by atoms with Crippen LogP contribution in [-0.4, -0.2) is 35.4 Å². The van der Waals surface area contributed by atoms with E-state index in [9.17, 15) is 14.9 Å². The third-order valence-corrected chi connectivity index (χ3v) is 3.90. The lowest BCUT2D eigenvalue weighted by molar-refractivity contribution is -0.385. The monoisotopic (exact) mass is 277 g/mol. The molecule has 1 heterocycles. The van der Waals surface area contributed by atoms with Gasteiger partial charge in [-0.15, -0.1) is 0 Å². The van der Waals surface area contributed by atoms with Crippen LogP contribution in [0.1, 0.15) is 28.8 Å². The molecule has 1 fully saturated rings. The van der Waals surface area contributed by atoms with E-state index in [1.807, 2.05) is 0 Å². The topological polar surface area (TPSA) is 89.5 Å². The summed E-state index contributed by atoms with van der Waals surface area (Å²) in [6.07, 6.45) is 1.73. The van der Waals surface area contributed by atoms with Gasteiger partial charge in [0.2, 0.25) is 0 Å². The van der Waals surface area contributed by atoms with E-state index in [-0.39, 0.29) is 17.2 Å². The number of benzene rings is 1. The third-order valence-electron chi connectivity index (χ3n) is 3.90. The molecule has 108 valence electrons. The molecule has 2 N–H and O–H groups in total. The van der Waals surface area contributed by atoms with Gasteiger partial charge in [-0.25, -0.2) is 0 Å². The van der Waals surface area contributed by atoms with Crippen molar-refractivity contribution < 1.29 is 9.72 Å². The molecular weight excluding hydrogens is 258 g/mol. The largest absolute Gasteiger partial charge is 0.338 e. The molecule has 0 unspecified atom stereocenters. The Bertz CT molecular complexity index is 522. The number of carbonyl (C=O) groups is 1. The second-order valence-corrected chi connectivity index (χ2v) is 5.20. The maximum Gasteiger partial charge on any atom is 0.282 e. The van der Waals surface area contributed by atoms with Crippen LogP contribution in [0.4, 0.5) is 5.69 Å². The number of likely N-dealkylation sites (tertiary alicyclic amines) is 1. The highest BCUT2D eigenvalue weighted by Gasteiger charge is 2.29. The van der Waals surface area contributed by atoms with Crippen LogP contribution in [0.5, 0.6) is 0 Å². The van der Waals surface area contributed by atoms with E-state index < -0.39 is 4.92 Å². The van der Waals surface area contributed by atoms with E-state index in [1.54, 1.807) is 24.0 Å². The molecule has 1 aliphatic heterocycles. The number of nitro groups is 1. The van der Waals surface area contributed by atoms with Crippen molar-refractivity contribution in [3.8, 4) is 0 Å². The maximum absolute atomic E-state index is 12.5. The van der Waals surface area contributed by atoms with Gasteiger partial charge in [-0.05, 0) is 37.8 Å². The predicted octanol–water partition coefficient (Wildman–Crippen LogP) is 1.71. The Morgan fingerprint density at radius 1 is 1.45 bits per heavy atom. The molecule has 2 rings (SSSR count). The Morgan fingerprint density at radius 3 is 2.65 bits per heavy atom. The van der Waals surface area contributed by atoms with Crippen LogP contribution in [0.3, 0.4) is 0 Å². The fourth-order valence-corrected chi connectivity index (χ4v) is 2.61. The number of amides is 1. The van der Waals surface area contributed by atoms with Gasteiger partial charge in [0.05, 0.1) is 4.92 Å². The summed E-state index contributed by atoms with van der Waals surface area (Å²) in [5, 5.41) is 11.1. The minimum Gasteiger partial charge on any atom is -0.338 e. The summed E-state index contributed by atoms with van der Waals surface area (Å²) >= 11 is 0. The molecule has 6 nitrogen and oxygen atoms in total. The van der Waals surface area contributed by atoms with E-state index in [4.69, 9.17) is 5.73 Å². The van der Waals surface area contributed by atoms with E-state index in [0.29, 0.717) is 31.1 Å². The zero-order valence-corrected chi connectivity index (χ0v) is 11.5. The smallest absolute Gasteiger partial charge is 0.282 e. The van der Waals surface area contributed by atoms with Gasteiger partial charge in [0, 0.05) is 19.2 Å². The Balaban J connectivity index is 2.24. The van der Waals surface area contributed by atoms with Gasteiger partial charge in [-0.3, -0.25) is 14.9 Å². The number of rotatable bonds is 3. The normalized spacial score (nSPS) is 16.2. The van der Waals surface area contributed by atoms with Crippen molar-refractivity contribution in [3.63, 3.8) is 0 Å². The fraction of sp³-hybridized carbons (Fsp3) is 0.500. The molecule has 0 aromatic heterocycles. The Labute approximate surface area is 117 Å². The van der Waals surface area contributed by atoms with Gasteiger partial charge in [0.15, 0.2) is 0 Å². The predicted molar refractivity (Wildman–Crippen MR) is 75.5 cm³/mol. The van der Waals surface area contributed by atoms with Crippen molar-refractivity contribution >= 4 is 11.6 Å². The van der Waals surface area contributed by atoms with Crippen LogP contribution < -0.4 is 5.73 Å². The molecule has 1 amide bonds. The van der Waals surface area contributed by atoms with E-state index in [1.165, 1.54) is 6.07 Å². The molecule has 0 atom stereocenters. The lowest BCUT2D eigenvalue weighted by atomic mass is 9.96. The van der Waals surface area contributed by atoms with Crippen molar-refractivity contribution in [1.82, 2.24) is 4.90 Å². The summed E-state index contributed by atoms with van der Waals surface area (Å²) in [6, 6.07) is 4.71. The Kier molecular flexibility index (Phi) is 4.34. The van der Waals surface area contributed by atoms with Gasteiger partial charge in [0.25, 0.3) is 11.6 Å². The van der Waals surface area contributed by atoms with Gasteiger partial charge in [-0.1, -0.05) is 12.1 Å². The summed E-state index contributed by atoms with van der Waals surface area (Å²) < 4.78 is 0. The van der Waals surface area contributed by atoms with Gasteiger partial charge in [-0.2, -0.15) is 0 Å². The highest BCUT2D eigenvalue weighted by atomic mass is 16.6. The zero-order chi connectivity index (χ0) is 14.7. The van der Waals surface area contributed by atoms with Crippen LogP contribution >= 0.6 is 0 Å². The number of nitrogens with two attached hydrogens (primary N) is 1. The summed E-state index contributed by atoms with van der Waals surface area (Å²) in [5.74, 6) is 0.205. The van der Waals surface area contributed by atoms with Crippen molar-refractivity contribution in [2.45, 2.75) is 19.8 Å². The standard InChI is InChI=1S/C14H19N3O3/c1-10-3-2-4-12(17(19)20)13(10)14(18)16-7-5-11(9-15)6-8-16/h2-4,11H,5-9,15H2,1H3. The number of hydrogen-bond acceptors (Lipinski definition) is 4. The SMILES string of the molecule is Cc1cccc([N+](=O)[O-])c1C(=O)N1CCC(CN)CC1. The molecular formula is C14H19N3O3. The number of nitro benzene ring substituents is 1. The van der Waals surface area contributed by atoms with Crippen LogP contribution in [0.25, 0.3) is 0 Å². The fourth-order valence-electron chi connectivity index (χ4n) is 2.61. The quantitative estimate of drug-likeness (QED) is 0.672. The minimum atomic E-state index is -0.493. The second-order valence-electron chi connectivity index (χ2n) is 5.20. The first-order valence-electron chi connectivity index (χ1n) is 6.78. The molecule has 1 aliphatic rings. The molecule has 0 aliphatic carbocycles.